The first-order valence-electron chi connectivity index (χ1n) is 15.4. The summed E-state index contributed by atoms with van der Waals surface area (Å²) in [6.45, 7) is 11.8. The topological polar surface area (TPSA) is 44.8 Å². The standard InChI is InChI=1S/C35H37FO4S4/c1-6-9-10-11-12-13-14-40-35(37)34-28(36)27-31(44-34)20(5)42-33(27)26-17-21-16-22-23(18-25(21)43-26)29(38-7-2)24-15-19(4)41-32(24)30(22)39-8-3/h15-18H,6-14H2,1-5H3. The van der Waals surface area contributed by atoms with Gasteiger partial charge in [0.1, 0.15) is 16.4 Å². The molecule has 4 heterocycles. The second kappa shape index (κ2) is 13.3. The zero-order valence-corrected chi connectivity index (χ0v) is 29.1. The van der Waals surface area contributed by atoms with Crippen LogP contribution >= 0.6 is 45.3 Å². The fourth-order valence-electron chi connectivity index (χ4n) is 5.81. The predicted molar refractivity (Wildman–Crippen MR) is 189 cm³/mol. The molecule has 6 aromatic rings. The highest BCUT2D eigenvalue weighted by Crippen LogP contribution is 2.51. The molecule has 0 unspecified atom stereocenters. The van der Waals surface area contributed by atoms with E-state index in [-0.39, 0.29) is 4.88 Å². The molecule has 6 rings (SSSR count). The summed E-state index contributed by atoms with van der Waals surface area (Å²) in [7, 11) is 0. The highest BCUT2D eigenvalue weighted by Gasteiger charge is 2.27. The van der Waals surface area contributed by atoms with Crippen molar-refractivity contribution in [2.75, 3.05) is 19.8 Å². The van der Waals surface area contributed by atoms with Gasteiger partial charge in [0.25, 0.3) is 0 Å². The van der Waals surface area contributed by atoms with Gasteiger partial charge in [-0.25, -0.2) is 9.18 Å². The molecule has 0 bridgehead atoms. The summed E-state index contributed by atoms with van der Waals surface area (Å²) < 4.78 is 37.0. The van der Waals surface area contributed by atoms with Crippen LogP contribution in [0.2, 0.25) is 0 Å². The van der Waals surface area contributed by atoms with Crippen LogP contribution in [0.25, 0.3) is 50.8 Å². The molecule has 4 nitrogen and oxygen atoms in total. The number of fused-ring (bicyclic) bond motifs is 4. The van der Waals surface area contributed by atoms with E-state index in [4.69, 9.17) is 14.2 Å². The number of hydrogen-bond donors (Lipinski definition) is 0. The molecule has 0 N–H and O–H groups in total. The molecule has 0 amide bonds. The lowest BCUT2D eigenvalue weighted by Gasteiger charge is -2.14. The minimum atomic E-state index is -0.558. The largest absolute Gasteiger partial charge is 0.493 e. The van der Waals surface area contributed by atoms with Crippen LogP contribution in [0.1, 0.15) is 78.7 Å². The Balaban J connectivity index is 1.38. The third-order valence-corrected chi connectivity index (χ3v) is 12.6. The molecular weight excluding hydrogens is 632 g/mol. The number of thiophene rings is 4. The first kappa shape index (κ1) is 31.3. The van der Waals surface area contributed by atoms with Gasteiger partial charge in [0.05, 0.1) is 34.1 Å². The normalized spacial score (nSPS) is 11.9. The number of aryl methyl sites for hydroxylation is 2. The van der Waals surface area contributed by atoms with E-state index in [9.17, 15) is 4.79 Å². The van der Waals surface area contributed by atoms with Crippen LogP contribution in [0, 0.1) is 19.7 Å². The first-order chi connectivity index (χ1) is 21.4. The SMILES string of the molecule is CCCCCCCCOC(=O)c1sc2c(C)sc(-c3cc4cc5c(OCC)c6sc(C)cc6c(OCC)c5cc4s3)c2c1F. The van der Waals surface area contributed by atoms with Gasteiger partial charge in [-0.05, 0) is 63.8 Å². The van der Waals surface area contributed by atoms with E-state index in [0.717, 1.165) is 81.0 Å². The molecule has 4 aromatic heterocycles. The third-order valence-electron chi connectivity index (χ3n) is 7.82. The summed E-state index contributed by atoms with van der Waals surface area (Å²) >= 11 is 6.15. The minimum Gasteiger partial charge on any atom is -0.493 e. The Morgan fingerprint density at radius 3 is 2.27 bits per heavy atom. The van der Waals surface area contributed by atoms with Gasteiger partial charge in [0.15, 0.2) is 5.82 Å². The number of unbranched alkanes of at least 4 members (excludes halogenated alkanes) is 5. The average Bonchev–Trinajstić information content (AvgIpc) is 3.76. The van der Waals surface area contributed by atoms with Crippen LogP contribution in [0.4, 0.5) is 4.39 Å². The lowest BCUT2D eigenvalue weighted by Crippen LogP contribution is -2.06. The van der Waals surface area contributed by atoms with Gasteiger partial charge in [-0.1, -0.05) is 39.0 Å². The third kappa shape index (κ3) is 5.72. The van der Waals surface area contributed by atoms with Gasteiger partial charge < -0.3 is 14.2 Å². The molecule has 0 aliphatic rings. The first-order valence-corrected chi connectivity index (χ1v) is 18.7. The van der Waals surface area contributed by atoms with E-state index in [1.165, 1.54) is 35.5 Å². The summed E-state index contributed by atoms with van der Waals surface area (Å²) in [4.78, 5) is 17.0. The Hall–Kier alpha value is -2.72. The lowest BCUT2D eigenvalue weighted by atomic mass is 10.0. The smallest absolute Gasteiger partial charge is 0.351 e. The van der Waals surface area contributed by atoms with Gasteiger partial charge in [-0.3, -0.25) is 0 Å². The van der Waals surface area contributed by atoms with Crippen molar-refractivity contribution in [2.45, 2.75) is 73.1 Å². The van der Waals surface area contributed by atoms with Crippen molar-refractivity contribution in [2.24, 2.45) is 0 Å². The average molecular weight is 669 g/mol. The molecule has 9 heteroatoms. The fraction of sp³-hybridized carbons (Fsp3) is 0.400. The molecule has 44 heavy (non-hydrogen) atoms. The Bertz CT molecular complexity index is 1890. The molecule has 0 saturated carbocycles. The fourth-order valence-corrected chi connectivity index (χ4v) is 10.4. The molecule has 0 fully saturated rings. The second-order valence-corrected chi connectivity index (χ2v) is 15.6. The highest BCUT2D eigenvalue weighted by molar-refractivity contribution is 7.30. The van der Waals surface area contributed by atoms with Gasteiger partial charge in [-0.15, -0.1) is 45.3 Å². The molecule has 2 aromatic carbocycles. The zero-order chi connectivity index (χ0) is 31.0. The highest BCUT2D eigenvalue weighted by atomic mass is 32.1. The number of ether oxygens (including phenoxy) is 3. The Kier molecular flexibility index (Phi) is 9.47. The molecule has 0 radical (unpaired) electrons. The van der Waals surface area contributed by atoms with Crippen molar-refractivity contribution in [3.05, 3.63) is 44.7 Å². The van der Waals surface area contributed by atoms with Crippen molar-refractivity contribution in [1.82, 2.24) is 0 Å². The van der Waals surface area contributed by atoms with Crippen LogP contribution in [0.5, 0.6) is 11.5 Å². The van der Waals surface area contributed by atoms with E-state index in [0.29, 0.717) is 25.2 Å². The second-order valence-electron chi connectivity index (χ2n) is 11.0. The molecule has 0 spiro atoms. The maximum absolute atomic E-state index is 16.0. The molecule has 0 aliphatic heterocycles. The van der Waals surface area contributed by atoms with Crippen molar-refractivity contribution in [3.63, 3.8) is 0 Å². The quantitative estimate of drug-likeness (QED) is 0.0907. The minimum absolute atomic E-state index is 0.0723. The monoisotopic (exact) mass is 668 g/mol. The van der Waals surface area contributed by atoms with Crippen molar-refractivity contribution in [1.29, 1.82) is 0 Å². The maximum atomic E-state index is 16.0. The lowest BCUT2D eigenvalue weighted by molar-refractivity contribution is 0.0499. The van der Waals surface area contributed by atoms with Gasteiger partial charge in [0.2, 0.25) is 0 Å². The van der Waals surface area contributed by atoms with Crippen LogP contribution in [-0.4, -0.2) is 25.8 Å². The van der Waals surface area contributed by atoms with E-state index in [1.54, 1.807) is 34.0 Å². The number of hydrogen-bond acceptors (Lipinski definition) is 8. The van der Waals surface area contributed by atoms with Crippen LogP contribution in [-0.2, 0) is 4.74 Å². The zero-order valence-electron chi connectivity index (χ0n) is 25.8. The Labute approximate surface area is 273 Å². The number of rotatable bonds is 13. The van der Waals surface area contributed by atoms with Crippen LogP contribution in [0.3, 0.4) is 0 Å². The van der Waals surface area contributed by atoms with E-state index < -0.39 is 11.8 Å². The summed E-state index contributed by atoms with van der Waals surface area (Å²) in [5, 5.41) is 4.72. The number of carbonyl (C=O) groups excluding carboxylic acids is 1. The van der Waals surface area contributed by atoms with Crippen molar-refractivity contribution >= 4 is 92.3 Å². The van der Waals surface area contributed by atoms with E-state index in [1.807, 2.05) is 20.8 Å². The number of halogens is 1. The molecule has 0 atom stereocenters. The number of carbonyl (C=O) groups is 1. The van der Waals surface area contributed by atoms with Crippen molar-refractivity contribution in [3.8, 4) is 21.3 Å². The number of benzene rings is 2. The summed E-state index contributed by atoms with van der Waals surface area (Å²) in [5.41, 5.74) is 0. The summed E-state index contributed by atoms with van der Waals surface area (Å²) in [5.74, 6) is 0.741. The van der Waals surface area contributed by atoms with Gasteiger partial charge in [0, 0.05) is 40.9 Å². The summed E-state index contributed by atoms with van der Waals surface area (Å²) in [6, 6.07) is 8.68. The molecule has 232 valence electrons. The summed E-state index contributed by atoms with van der Waals surface area (Å²) in [6.07, 6.45) is 6.61. The van der Waals surface area contributed by atoms with Gasteiger partial charge >= 0.3 is 5.97 Å². The van der Waals surface area contributed by atoms with Crippen LogP contribution < -0.4 is 9.47 Å². The Morgan fingerprint density at radius 2 is 1.50 bits per heavy atom. The number of esters is 1. The maximum Gasteiger partial charge on any atom is 0.351 e. The van der Waals surface area contributed by atoms with E-state index >= 15 is 4.39 Å². The molecule has 0 aliphatic carbocycles. The predicted octanol–water partition coefficient (Wildman–Crippen LogP) is 12.3. The molecule has 0 saturated heterocycles. The van der Waals surface area contributed by atoms with Crippen LogP contribution in [0.15, 0.2) is 24.3 Å². The Morgan fingerprint density at radius 1 is 0.773 bits per heavy atom. The van der Waals surface area contributed by atoms with Gasteiger partial charge in [-0.2, -0.15) is 0 Å². The van der Waals surface area contributed by atoms with Crippen molar-refractivity contribution < 1.29 is 23.4 Å². The molecular formula is C35H37FO4S4. The van der Waals surface area contributed by atoms with E-state index in [2.05, 4.69) is 38.1 Å².